The average molecular weight is 267 g/mol. The van der Waals surface area contributed by atoms with Gasteiger partial charge >= 0.3 is 0 Å². The lowest BCUT2D eigenvalue weighted by Gasteiger charge is -2.13. The Hall–Kier alpha value is -0.940. The van der Waals surface area contributed by atoms with Crippen LogP contribution in [0.25, 0.3) is 0 Å². The van der Waals surface area contributed by atoms with Crippen molar-refractivity contribution in [3.8, 4) is 0 Å². The van der Waals surface area contributed by atoms with Crippen LogP contribution in [0, 0.1) is 0 Å². The Morgan fingerprint density at radius 3 is 2.63 bits per heavy atom. The van der Waals surface area contributed by atoms with Gasteiger partial charge in [-0.05, 0) is 19.4 Å². The van der Waals surface area contributed by atoms with Gasteiger partial charge in [0.2, 0.25) is 0 Å². The summed E-state index contributed by atoms with van der Waals surface area (Å²) in [5.74, 6) is 0. The Balaban J connectivity index is 1.97. The number of ether oxygens (including phenoxy) is 2. The predicted molar refractivity (Wildman–Crippen MR) is 76.1 cm³/mol. The van der Waals surface area contributed by atoms with Gasteiger partial charge in [-0.25, -0.2) is 0 Å². The van der Waals surface area contributed by atoms with E-state index in [2.05, 4.69) is 5.32 Å². The summed E-state index contributed by atoms with van der Waals surface area (Å²) in [5.41, 5.74) is 1.12. The van der Waals surface area contributed by atoms with Gasteiger partial charge in [-0.1, -0.05) is 30.3 Å². The van der Waals surface area contributed by atoms with Crippen LogP contribution in [0.3, 0.4) is 0 Å². The standard InChI is InChI=1S/C15H25NO3/c1-13(2)19-9-8-16-10-15(17)12-18-11-14-6-4-3-5-7-14/h3-7,13,15-17H,8-12H2,1-2H3. The molecule has 1 unspecified atom stereocenters. The molecule has 19 heavy (non-hydrogen) atoms. The van der Waals surface area contributed by atoms with Crippen LogP contribution < -0.4 is 5.32 Å². The maximum atomic E-state index is 9.71. The van der Waals surface area contributed by atoms with Crippen molar-refractivity contribution in [3.63, 3.8) is 0 Å². The van der Waals surface area contributed by atoms with Crippen molar-refractivity contribution in [2.24, 2.45) is 0 Å². The quantitative estimate of drug-likeness (QED) is 0.632. The van der Waals surface area contributed by atoms with Gasteiger partial charge in [-0.3, -0.25) is 0 Å². The van der Waals surface area contributed by atoms with Crippen LogP contribution in [0.15, 0.2) is 30.3 Å². The number of aliphatic hydroxyl groups excluding tert-OH is 1. The summed E-state index contributed by atoms with van der Waals surface area (Å²) in [4.78, 5) is 0. The van der Waals surface area contributed by atoms with E-state index in [9.17, 15) is 5.11 Å². The van der Waals surface area contributed by atoms with Crippen LogP contribution in [0.4, 0.5) is 0 Å². The molecule has 4 heteroatoms. The van der Waals surface area contributed by atoms with E-state index in [1.54, 1.807) is 0 Å². The zero-order chi connectivity index (χ0) is 13.9. The van der Waals surface area contributed by atoms with Gasteiger partial charge in [-0.15, -0.1) is 0 Å². The van der Waals surface area contributed by atoms with Gasteiger partial charge in [0.1, 0.15) is 0 Å². The van der Waals surface area contributed by atoms with Crippen LogP contribution in [-0.2, 0) is 16.1 Å². The zero-order valence-electron chi connectivity index (χ0n) is 11.8. The average Bonchev–Trinajstić information content (AvgIpc) is 2.39. The second-order valence-corrected chi connectivity index (χ2v) is 4.78. The van der Waals surface area contributed by atoms with Gasteiger partial charge in [0.25, 0.3) is 0 Å². The van der Waals surface area contributed by atoms with Gasteiger partial charge < -0.3 is 19.9 Å². The molecule has 4 nitrogen and oxygen atoms in total. The van der Waals surface area contributed by atoms with Crippen LogP contribution in [0.5, 0.6) is 0 Å². The van der Waals surface area contributed by atoms with Gasteiger partial charge in [0.15, 0.2) is 0 Å². The number of aliphatic hydroxyl groups is 1. The molecule has 0 heterocycles. The van der Waals surface area contributed by atoms with E-state index in [1.165, 1.54) is 0 Å². The van der Waals surface area contributed by atoms with Gasteiger partial charge in [-0.2, -0.15) is 0 Å². The van der Waals surface area contributed by atoms with Crippen LogP contribution >= 0.6 is 0 Å². The molecule has 0 aromatic heterocycles. The van der Waals surface area contributed by atoms with E-state index < -0.39 is 6.10 Å². The van der Waals surface area contributed by atoms with Crippen molar-refractivity contribution in [3.05, 3.63) is 35.9 Å². The number of benzene rings is 1. The first kappa shape index (κ1) is 16.1. The lowest BCUT2D eigenvalue weighted by Crippen LogP contribution is -2.32. The third-order valence-electron chi connectivity index (χ3n) is 2.53. The minimum atomic E-state index is -0.484. The van der Waals surface area contributed by atoms with Crippen molar-refractivity contribution in [2.75, 3.05) is 26.3 Å². The Morgan fingerprint density at radius 2 is 1.95 bits per heavy atom. The normalized spacial score (nSPS) is 12.8. The first-order valence-electron chi connectivity index (χ1n) is 6.80. The molecule has 0 radical (unpaired) electrons. The summed E-state index contributed by atoms with van der Waals surface area (Å²) in [7, 11) is 0. The maximum absolute atomic E-state index is 9.71. The van der Waals surface area contributed by atoms with Crippen LogP contribution in [-0.4, -0.2) is 43.6 Å². The van der Waals surface area contributed by atoms with Gasteiger partial charge in [0, 0.05) is 13.1 Å². The summed E-state index contributed by atoms with van der Waals surface area (Å²) in [6.45, 7) is 6.82. The summed E-state index contributed by atoms with van der Waals surface area (Å²) < 4.78 is 10.8. The molecular weight excluding hydrogens is 242 g/mol. The second-order valence-electron chi connectivity index (χ2n) is 4.78. The van der Waals surface area contributed by atoms with Crippen molar-refractivity contribution in [1.29, 1.82) is 0 Å². The summed E-state index contributed by atoms with van der Waals surface area (Å²) in [6, 6.07) is 9.94. The molecule has 0 saturated heterocycles. The van der Waals surface area contributed by atoms with E-state index in [0.717, 1.165) is 12.1 Å². The molecule has 1 aromatic rings. The van der Waals surface area contributed by atoms with Crippen molar-refractivity contribution >= 4 is 0 Å². The van der Waals surface area contributed by atoms with Gasteiger partial charge in [0.05, 0.1) is 32.0 Å². The van der Waals surface area contributed by atoms with Crippen LogP contribution in [0.1, 0.15) is 19.4 Å². The Kier molecular flexibility index (Phi) is 8.41. The Bertz CT molecular complexity index is 316. The fraction of sp³-hybridized carbons (Fsp3) is 0.600. The van der Waals surface area contributed by atoms with Crippen molar-refractivity contribution in [2.45, 2.75) is 32.7 Å². The SMILES string of the molecule is CC(C)OCCNCC(O)COCc1ccccc1. The molecule has 0 aliphatic heterocycles. The number of rotatable bonds is 10. The van der Waals surface area contributed by atoms with E-state index in [4.69, 9.17) is 9.47 Å². The molecule has 0 aliphatic rings. The molecule has 0 saturated carbocycles. The highest BCUT2D eigenvalue weighted by atomic mass is 16.5. The lowest BCUT2D eigenvalue weighted by atomic mass is 10.2. The fourth-order valence-corrected chi connectivity index (χ4v) is 1.58. The third kappa shape index (κ3) is 8.72. The molecule has 1 atom stereocenters. The fourth-order valence-electron chi connectivity index (χ4n) is 1.58. The number of nitrogens with one attached hydrogen (secondary N) is 1. The highest BCUT2D eigenvalue weighted by Crippen LogP contribution is 2.00. The van der Waals surface area contributed by atoms with E-state index in [0.29, 0.717) is 26.4 Å². The number of hydrogen-bond acceptors (Lipinski definition) is 4. The highest BCUT2D eigenvalue weighted by Gasteiger charge is 2.03. The molecule has 0 fully saturated rings. The highest BCUT2D eigenvalue weighted by molar-refractivity contribution is 5.13. The minimum Gasteiger partial charge on any atom is -0.389 e. The molecule has 1 rings (SSSR count). The molecular formula is C15H25NO3. The predicted octanol–water partition coefficient (Wildman–Crippen LogP) is 1.58. The first-order chi connectivity index (χ1) is 9.18. The minimum absolute atomic E-state index is 0.251. The van der Waals surface area contributed by atoms with E-state index >= 15 is 0 Å². The third-order valence-corrected chi connectivity index (χ3v) is 2.53. The molecule has 0 spiro atoms. The Morgan fingerprint density at radius 1 is 1.21 bits per heavy atom. The van der Waals surface area contributed by atoms with Crippen molar-refractivity contribution in [1.82, 2.24) is 5.32 Å². The molecule has 0 aliphatic carbocycles. The molecule has 1 aromatic carbocycles. The largest absolute Gasteiger partial charge is 0.389 e. The van der Waals surface area contributed by atoms with Crippen molar-refractivity contribution < 1.29 is 14.6 Å². The maximum Gasteiger partial charge on any atom is 0.0897 e. The number of hydrogen-bond donors (Lipinski definition) is 2. The lowest BCUT2D eigenvalue weighted by molar-refractivity contribution is 0.0266. The topological polar surface area (TPSA) is 50.7 Å². The van der Waals surface area contributed by atoms with E-state index in [-0.39, 0.29) is 6.10 Å². The van der Waals surface area contributed by atoms with Crippen LogP contribution in [0.2, 0.25) is 0 Å². The molecule has 108 valence electrons. The molecule has 0 amide bonds. The smallest absolute Gasteiger partial charge is 0.0897 e. The molecule has 0 bridgehead atoms. The first-order valence-corrected chi connectivity index (χ1v) is 6.80. The Labute approximate surface area is 115 Å². The summed E-state index contributed by atoms with van der Waals surface area (Å²) in [6.07, 6.45) is -0.233. The molecule has 2 N–H and O–H groups in total. The second kappa shape index (κ2) is 9.92. The van der Waals surface area contributed by atoms with E-state index in [1.807, 2.05) is 44.2 Å². The zero-order valence-corrected chi connectivity index (χ0v) is 11.8. The monoisotopic (exact) mass is 267 g/mol. The summed E-state index contributed by atoms with van der Waals surface area (Å²) in [5, 5.41) is 12.8. The summed E-state index contributed by atoms with van der Waals surface area (Å²) >= 11 is 0.